The Balaban J connectivity index is 1.77. The third kappa shape index (κ3) is 3.54. The fraction of sp³-hybridized carbons (Fsp3) is 0. The van der Waals surface area contributed by atoms with Crippen LogP contribution in [0.5, 0.6) is 0 Å². The van der Waals surface area contributed by atoms with Crippen molar-refractivity contribution in [1.82, 2.24) is 0 Å². The lowest BCUT2D eigenvalue weighted by molar-refractivity contribution is 1.28. The summed E-state index contributed by atoms with van der Waals surface area (Å²) in [7, 11) is 0. The summed E-state index contributed by atoms with van der Waals surface area (Å²) in [6.07, 6.45) is 1.64. The number of hydrogen-bond donors (Lipinski definition) is 0. The highest BCUT2D eigenvalue weighted by atomic mass is 15.1. The predicted octanol–water partition coefficient (Wildman–Crippen LogP) is 7.07. The number of hydrogen-bond acceptors (Lipinski definition) is 1. The number of nitrogens with zero attached hydrogens (tertiary/aromatic N) is 1. The molecular weight excluding hydrogens is 326 g/mol. The van der Waals surface area contributed by atoms with Crippen LogP contribution >= 0.6 is 0 Å². The maximum absolute atomic E-state index is 5.77. The Labute approximate surface area is 160 Å². The molecule has 2 radical (unpaired) electrons. The molecule has 1 nitrogen and oxygen atoms in total. The van der Waals surface area contributed by atoms with Crippen LogP contribution in [0.3, 0.4) is 0 Å². The summed E-state index contributed by atoms with van der Waals surface area (Å²) in [6, 6.07) is 38.3. The number of rotatable bonds is 5. The second kappa shape index (κ2) is 7.76. The molecule has 0 fully saturated rings. The third-order valence-electron chi connectivity index (χ3n) is 4.54. The van der Waals surface area contributed by atoms with E-state index < -0.39 is 0 Å². The SMILES string of the molecule is [CH]=Cc1cc[c]cc1-c1ccc(N(c2ccccc2)c2ccccc2)cc1. The quantitative estimate of drug-likeness (QED) is 0.374. The van der Waals surface area contributed by atoms with Gasteiger partial charge in [0.05, 0.1) is 0 Å². The van der Waals surface area contributed by atoms with Gasteiger partial charge in [0.2, 0.25) is 0 Å². The molecule has 128 valence electrons. The highest BCUT2D eigenvalue weighted by molar-refractivity contribution is 5.80. The molecule has 27 heavy (non-hydrogen) atoms. The van der Waals surface area contributed by atoms with Gasteiger partial charge in [-0.25, -0.2) is 0 Å². The standard InChI is InChI=1S/C26H19N/c1-2-21-11-9-10-16-26(21)22-17-19-25(20-18-22)27(23-12-5-3-6-13-23)24-14-7-4-8-15-24/h1-9,11-20H. The molecule has 0 unspecified atom stereocenters. The van der Waals surface area contributed by atoms with Crippen molar-refractivity contribution in [1.29, 1.82) is 0 Å². The molecule has 0 aliphatic carbocycles. The Morgan fingerprint density at radius 3 is 1.78 bits per heavy atom. The molecule has 0 aromatic heterocycles. The van der Waals surface area contributed by atoms with Gasteiger partial charge in [-0.05, 0) is 65.2 Å². The molecule has 0 bridgehead atoms. The summed E-state index contributed by atoms with van der Waals surface area (Å²) in [5, 5.41) is 0. The zero-order chi connectivity index (χ0) is 18.5. The highest BCUT2D eigenvalue weighted by Crippen LogP contribution is 2.35. The van der Waals surface area contributed by atoms with E-state index in [1.807, 2.05) is 30.3 Å². The monoisotopic (exact) mass is 345 g/mol. The van der Waals surface area contributed by atoms with Crippen molar-refractivity contribution in [3.63, 3.8) is 0 Å². The zero-order valence-corrected chi connectivity index (χ0v) is 14.9. The van der Waals surface area contributed by atoms with Crippen LogP contribution in [-0.2, 0) is 0 Å². The third-order valence-corrected chi connectivity index (χ3v) is 4.54. The zero-order valence-electron chi connectivity index (χ0n) is 14.9. The van der Waals surface area contributed by atoms with E-state index in [0.717, 1.165) is 33.8 Å². The summed E-state index contributed by atoms with van der Waals surface area (Å²) in [4.78, 5) is 2.25. The second-order valence-corrected chi connectivity index (χ2v) is 6.23. The molecule has 0 aliphatic rings. The molecule has 0 aliphatic heterocycles. The second-order valence-electron chi connectivity index (χ2n) is 6.23. The smallest absolute Gasteiger partial charge is 0.0462 e. The Kier molecular flexibility index (Phi) is 4.84. The van der Waals surface area contributed by atoms with Crippen molar-refractivity contribution in [2.24, 2.45) is 0 Å². The van der Waals surface area contributed by atoms with Crippen LogP contribution in [0.1, 0.15) is 5.56 Å². The Bertz CT molecular complexity index is 979. The number of benzene rings is 4. The van der Waals surface area contributed by atoms with Crippen molar-refractivity contribution in [2.75, 3.05) is 4.90 Å². The van der Waals surface area contributed by atoms with Crippen LogP contribution in [0.25, 0.3) is 17.2 Å². The minimum Gasteiger partial charge on any atom is -0.311 e. The summed E-state index contributed by atoms with van der Waals surface area (Å²) in [5.74, 6) is 0. The van der Waals surface area contributed by atoms with Gasteiger partial charge in [-0.3, -0.25) is 0 Å². The van der Waals surface area contributed by atoms with Gasteiger partial charge in [-0.1, -0.05) is 73.3 Å². The van der Waals surface area contributed by atoms with Crippen molar-refractivity contribution in [2.45, 2.75) is 0 Å². The van der Waals surface area contributed by atoms with E-state index in [4.69, 9.17) is 6.58 Å². The van der Waals surface area contributed by atoms with E-state index in [-0.39, 0.29) is 0 Å². The van der Waals surface area contributed by atoms with Gasteiger partial charge in [0.25, 0.3) is 0 Å². The van der Waals surface area contributed by atoms with Gasteiger partial charge in [-0.2, -0.15) is 0 Å². The first-order valence-corrected chi connectivity index (χ1v) is 8.92. The fourth-order valence-corrected chi connectivity index (χ4v) is 3.23. The lowest BCUT2D eigenvalue weighted by Gasteiger charge is -2.25. The van der Waals surface area contributed by atoms with Crippen molar-refractivity contribution in [3.8, 4) is 11.1 Å². The fourth-order valence-electron chi connectivity index (χ4n) is 3.23. The molecule has 0 saturated carbocycles. The van der Waals surface area contributed by atoms with Crippen LogP contribution in [0.2, 0.25) is 0 Å². The van der Waals surface area contributed by atoms with E-state index >= 15 is 0 Å². The average molecular weight is 345 g/mol. The number of anilines is 3. The van der Waals surface area contributed by atoms with E-state index in [1.54, 1.807) is 6.08 Å². The lowest BCUT2D eigenvalue weighted by atomic mass is 9.99. The summed E-state index contributed by atoms with van der Waals surface area (Å²) in [5.41, 5.74) is 6.56. The summed E-state index contributed by atoms with van der Waals surface area (Å²) >= 11 is 0. The van der Waals surface area contributed by atoms with Gasteiger partial charge in [0.1, 0.15) is 0 Å². The molecule has 0 amide bonds. The largest absolute Gasteiger partial charge is 0.311 e. The first-order valence-electron chi connectivity index (χ1n) is 8.92. The predicted molar refractivity (Wildman–Crippen MR) is 114 cm³/mol. The van der Waals surface area contributed by atoms with Crippen LogP contribution in [0.4, 0.5) is 17.1 Å². The van der Waals surface area contributed by atoms with Crippen molar-refractivity contribution < 1.29 is 0 Å². The maximum atomic E-state index is 5.77. The van der Waals surface area contributed by atoms with E-state index in [9.17, 15) is 0 Å². The van der Waals surface area contributed by atoms with Gasteiger partial charge >= 0.3 is 0 Å². The Hall–Kier alpha value is -3.58. The topological polar surface area (TPSA) is 3.24 Å². The van der Waals surface area contributed by atoms with Gasteiger partial charge in [0.15, 0.2) is 0 Å². The minimum atomic E-state index is 1.00. The first kappa shape index (κ1) is 16.9. The van der Waals surface area contributed by atoms with E-state index in [1.165, 1.54) is 0 Å². The number of para-hydroxylation sites is 2. The molecule has 0 atom stereocenters. The van der Waals surface area contributed by atoms with Gasteiger partial charge in [-0.15, -0.1) is 0 Å². The maximum Gasteiger partial charge on any atom is 0.0462 e. The van der Waals surface area contributed by atoms with Gasteiger partial charge < -0.3 is 4.90 Å². The lowest BCUT2D eigenvalue weighted by Crippen LogP contribution is -2.09. The Morgan fingerprint density at radius 1 is 0.667 bits per heavy atom. The summed E-state index contributed by atoms with van der Waals surface area (Å²) in [6.45, 7) is 5.77. The van der Waals surface area contributed by atoms with E-state index in [0.29, 0.717) is 0 Å². The Morgan fingerprint density at radius 2 is 1.22 bits per heavy atom. The van der Waals surface area contributed by atoms with Crippen LogP contribution in [0, 0.1) is 12.6 Å². The molecule has 1 heteroatoms. The molecule has 4 aromatic carbocycles. The highest BCUT2D eigenvalue weighted by Gasteiger charge is 2.12. The van der Waals surface area contributed by atoms with Crippen LogP contribution in [0.15, 0.2) is 103 Å². The average Bonchev–Trinajstić information content (AvgIpc) is 2.76. The van der Waals surface area contributed by atoms with Crippen LogP contribution < -0.4 is 4.90 Å². The minimum absolute atomic E-state index is 1.00. The molecule has 0 N–H and O–H groups in total. The molecule has 4 aromatic rings. The normalized spacial score (nSPS) is 10.4. The molecular formula is C26H19N. The molecule has 0 heterocycles. The van der Waals surface area contributed by atoms with E-state index in [2.05, 4.69) is 83.8 Å². The molecule has 0 saturated heterocycles. The summed E-state index contributed by atoms with van der Waals surface area (Å²) < 4.78 is 0. The van der Waals surface area contributed by atoms with Crippen molar-refractivity contribution >= 4 is 23.1 Å². The molecule has 0 spiro atoms. The molecule has 4 rings (SSSR count). The van der Waals surface area contributed by atoms with Crippen LogP contribution in [-0.4, -0.2) is 0 Å². The van der Waals surface area contributed by atoms with Gasteiger partial charge in [0, 0.05) is 17.1 Å². The first-order chi connectivity index (χ1) is 13.4. The van der Waals surface area contributed by atoms with Crippen molar-refractivity contribution in [3.05, 3.63) is 121 Å².